The van der Waals surface area contributed by atoms with Crippen molar-refractivity contribution in [1.29, 1.82) is 0 Å². The number of likely N-dealkylation sites (tertiary alicyclic amines) is 1. The summed E-state index contributed by atoms with van der Waals surface area (Å²) in [6, 6.07) is 14.7. The Morgan fingerprint density at radius 3 is 2.06 bits per heavy atom. The molecule has 0 radical (unpaired) electrons. The van der Waals surface area contributed by atoms with E-state index in [-0.39, 0.29) is 29.8 Å². The molecule has 3 atom stereocenters. The molecule has 10 nitrogen and oxygen atoms in total. The van der Waals surface area contributed by atoms with E-state index in [1.54, 1.807) is 0 Å². The fraction of sp³-hybridized carbons (Fsp3) is 0.690. The van der Waals surface area contributed by atoms with Gasteiger partial charge in [-0.1, -0.05) is 71.9 Å². The highest BCUT2D eigenvalue weighted by Crippen LogP contribution is 2.40. The molecule has 4 fully saturated rings. The minimum Gasteiger partial charge on any atom is -0.354 e. The quantitative estimate of drug-likeness (QED) is 0.350. The molecular formula is C42H67N7O3. The molecule has 0 spiro atoms. The van der Waals surface area contributed by atoms with Gasteiger partial charge in [0.1, 0.15) is 6.29 Å². The number of rotatable bonds is 6. The molecule has 0 N–H and O–H groups in total. The summed E-state index contributed by atoms with van der Waals surface area (Å²) in [5.74, 6) is 1.54. The first-order chi connectivity index (χ1) is 24.6. The molecule has 10 heteroatoms. The van der Waals surface area contributed by atoms with E-state index < -0.39 is 5.41 Å². The standard InChI is InChI=1S/C24H44N4O2.C10H13N3O.C8H10/c1-23(2,3)22(30)28(18-8-10-24(4,5)11-9-18)19-16-20(26(7)17-19)21(29)27-14-12-25(6)13-15-27;1-8-2-3-10(12-11-8)13-5-4-9(6-13)7-14;1-2-8-6-4-3-5-7-8/h18-20H,8-17H2,1-7H3;2-3,7,9H,4-6H2,1H3;3-7H,2H2,1H3. The number of aryl methyl sites for hydroxylation is 2. The second-order valence-corrected chi connectivity index (χ2v) is 17.3. The van der Waals surface area contributed by atoms with Crippen LogP contribution in [0, 0.1) is 23.7 Å². The second kappa shape index (κ2) is 18.6. The van der Waals surface area contributed by atoms with Crippen molar-refractivity contribution in [2.45, 2.75) is 112 Å². The Kier molecular flexibility index (Phi) is 14.8. The SMILES string of the molecule is CCc1ccccc1.CN1CCN(C(=O)C2CC(N(C(=O)C(C)(C)C)C3CCC(C)(C)CC3)CN2C)CC1.Cc1ccc(N2CCC(C=O)C2)nn1. The highest BCUT2D eigenvalue weighted by molar-refractivity contribution is 5.84. The molecule has 3 aliphatic heterocycles. The van der Waals surface area contributed by atoms with Crippen molar-refractivity contribution in [3.05, 3.63) is 53.7 Å². The predicted octanol–water partition coefficient (Wildman–Crippen LogP) is 5.74. The fourth-order valence-electron chi connectivity index (χ4n) is 7.76. The summed E-state index contributed by atoms with van der Waals surface area (Å²) in [7, 11) is 4.17. The van der Waals surface area contributed by atoms with Crippen molar-refractivity contribution >= 4 is 23.9 Å². The molecule has 4 heterocycles. The summed E-state index contributed by atoms with van der Waals surface area (Å²) >= 11 is 0. The first kappa shape index (κ1) is 41.4. The molecule has 0 bridgehead atoms. The van der Waals surface area contributed by atoms with Crippen LogP contribution in [-0.2, 0) is 20.8 Å². The van der Waals surface area contributed by atoms with Gasteiger partial charge in [-0.3, -0.25) is 14.5 Å². The van der Waals surface area contributed by atoms with Gasteiger partial charge in [0.15, 0.2) is 5.82 Å². The van der Waals surface area contributed by atoms with E-state index in [9.17, 15) is 14.4 Å². The normalized spacial score (nSPS) is 24.0. The van der Waals surface area contributed by atoms with E-state index in [0.717, 1.165) is 109 Å². The van der Waals surface area contributed by atoms with Crippen LogP contribution in [0.15, 0.2) is 42.5 Å². The highest BCUT2D eigenvalue weighted by Gasteiger charge is 2.45. The van der Waals surface area contributed by atoms with Crippen molar-refractivity contribution in [2.24, 2.45) is 16.7 Å². The Labute approximate surface area is 314 Å². The number of amides is 2. The number of aldehydes is 1. The number of carbonyl (C=O) groups excluding carboxylic acids is 3. The monoisotopic (exact) mass is 718 g/mol. The molecule has 1 saturated carbocycles. The molecule has 3 saturated heterocycles. The van der Waals surface area contributed by atoms with Crippen LogP contribution >= 0.6 is 0 Å². The fourth-order valence-corrected chi connectivity index (χ4v) is 7.76. The van der Waals surface area contributed by atoms with Crippen molar-refractivity contribution in [2.75, 3.05) is 64.8 Å². The zero-order valence-corrected chi connectivity index (χ0v) is 33.7. The van der Waals surface area contributed by atoms with Gasteiger partial charge in [0.05, 0.1) is 11.7 Å². The Bertz CT molecular complexity index is 1410. The number of hydrogen-bond donors (Lipinski definition) is 0. The number of hydrogen-bond acceptors (Lipinski definition) is 8. The molecule has 6 rings (SSSR count). The Morgan fingerprint density at radius 1 is 0.885 bits per heavy atom. The molecule has 1 aliphatic carbocycles. The molecule has 288 valence electrons. The van der Waals surface area contributed by atoms with Gasteiger partial charge in [0.25, 0.3) is 0 Å². The summed E-state index contributed by atoms with van der Waals surface area (Å²) in [6.07, 6.45) is 8.35. The zero-order chi connectivity index (χ0) is 38.1. The van der Waals surface area contributed by atoms with Crippen LogP contribution in [0.1, 0.15) is 91.3 Å². The highest BCUT2D eigenvalue weighted by atomic mass is 16.2. The van der Waals surface area contributed by atoms with Gasteiger partial charge in [-0.15, -0.1) is 5.10 Å². The zero-order valence-electron chi connectivity index (χ0n) is 33.7. The van der Waals surface area contributed by atoms with E-state index in [1.165, 1.54) is 5.56 Å². The number of anilines is 1. The maximum Gasteiger partial charge on any atom is 0.240 e. The summed E-state index contributed by atoms with van der Waals surface area (Å²) in [5.41, 5.74) is 2.30. The van der Waals surface area contributed by atoms with Crippen LogP contribution in [0.5, 0.6) is 0 Å². The number of likely N-dealkylation sites (N-methyl/N-ethyl adjacent to an activating group) is 2. The predicted molar refractivity (Wildman–Crippen MR) is 210 cm³/mol. The van der Waals surface area contributed by atoms with Crippen LogP contribution < -0.4 is 4.90 Å². The molecule has 2 amide bonds. The molecular weight excluding hydrogens is 651 g/mol. The van der Waals surface area contributed by atoms with Crippen LogP contribution in [0.25, 0.3) is 0 Å². The lowest BCUT2D eigenvalue weighted by atomic mass is 9.74. The molecule has 1 aromatic heterocycles. The van der Waals surface area contributed by atoms with E-state index in [4.69, 9.17) is 0 Å². The van der Waals surface area contributed by atoms with Gasteiger partial charge in [-0.2, -0.15) is 5.10 Å². The van der Waals surface area contributed by atoms with Gasteiger partial charge < -0.3 is 24.4 Å². The number of carbonyl (C=O) groups is 3. The van der Waals surface area contributed by atoms with E-state index in [1.807, 2.05) is 50.8 Å². The summed E-state index contributed by atoms with van der Waals surface area (Å²) in [6.45, 7) is 20.8. The lowest BCUT2D eigenvalue weighted by molar-refractivity contribution is -0.146. The second-order valence-electron chi connectivity index (χ2n) is 17.3. The van der Waals surface area contributed by atoms with Gasteiger partial charge >= 0.3 is 0 Å². The molecule has 1 aromatic carbocycles. The maximum absolute atomic E-state index is 13.5. The lowest BCUT2D eigenvalue weighted by Crippen LogP contribution is -2.53. The van der Waals surface area contributed by atoms with Crippen molar-refractivity contribution < 1.29 is 14.4 Å². The Hall–Kier alpha value is -3.37. The van der Waals surface area contributed by atoms with E-state index in [0.29, 0.717) is 11.5 Å². The average Bonchev–Trinajstić information content (AvgIpc) is 3.77. The largest absolute Gasteiger partial charge is 0.354 e. The van der Waals surface area contributed by atoms with Gasteiger partial charge in [-0.05, 0) is 89.1 Å². The van der Waals surface area contributed by atoms with Crippen molar-refractivity contribution in [3.63, 3.8) is 0 Å². The summed E-state index contributed by atoms with van der Waals surface area (Å²) in [5, 5.41) is 8.08. The van der Waals surface area contributed by atoms with Gasteiger partial charge in [0, 0.05) is 69.2 Å². The third kappa shape index (κ3) is 11.6. The van der Waals surface area contributed by atoms with E-state index in [2.05, 4.69) is 88.9 Å². The third-order valence-corrected chi connectivity index (χ3v) is 11.4. The summed E-state index contributed by atoms with van der Waals surface area (Å²) < 4.78 is 0. The molecule has 3 unspecified atom stereocenters. The van der Waals surface area contributed by atoms with Crippen molar-refractivity contribution in [1.82, 2.24) is 29.8 Å². The minimum atomic E-state index is -0.398. The van der Waals surface area contributed by atoms with Crippen LogP contribution in [0.2, 0.25) is 0 Å². The smallest absolute Gasteiger partial charge is 0.240 e. The van der Waals surface area contributed by atoms with Crippen molar-refractivity contribution in [3.8, 4) is 0 Å². The Balaban J connectivity index is 0.000000223. The summed E-state index contributed by atoms with van der Waals surface area (Å²) in [4.78, 5) is 48.2. The lowest BCUT2D eigenvalue weighted by Gasteiger charge is -2.45. The molecule has 52 heavy (non-hydrogen) atoms. The number of nitrogens with zero attached hydrogens (tertiary/aromatic N) is 7. The first-order valence-corrected chi connectivity index (χ1v) is 19.7. The first-order valence-electron chi connectivity index (χ1n) is 19.7. The number of aromatic nitrogens is 2. The van der Waals surface area contributed by atoms with Crippen LogP contribution in [-0.4, -0.2) is 126 Å². The topological polar surface area (TPSA) is 93.2 Å². The van der Waals surface area contributed by atoms with E-state index >= 15 is 0 Å². The number of benzene rings is 1. The average molecular weight is 718 g/mol. The van der Waals surface area contributed by atoms with Gasteiger partial charge in [0.2, 0.25) is 11.8 Å². The van der Waals surface area contributed by atoms with Gasteiger partial charge in [-0.25, -0.2) is 0 Å². The van der Waals surface area contributed by atoms with Crippen LogP contribution in [0.4, 0.5) is 5.82 Å². The minimum absolute atomic E-state index is 0.103. The maximum atomic E-state index is 13.5. The Morgan fingerprint density at radius 2 is 1.54 bits per heavy atom. The third-order valence-electron chi connectivity index (χ3n) is 11.4. The number of piperazine rings is 1. The molecule has 2 aromatic rings. The molecule has 4 aliphatic rings. The van der Waals surface area contributed by atoms with Crippen LogP contribution in [0.3, 0.4) is 0 Å².